The lowest BCUT2D eigenvalue weighted by atomic mass is 10.2. The Morgan fingerprint density at radius 2 is 1.88 bits per heavy atom. The highest BCUT2D eigenvalue weighted by atomic mass is 16.1. The maximum atomic E-state index is 11.3. The molecule has 1 aromatic carbocycles. The van der Waals surface area contributed by atoms with E-state index in [9.17, 15) is 4.79 Å². The van der Waals surface area contributed by atoms with Crippen LogP contribution < -0.4 is 5.32 Å². The molecule has 0 spiro atoms. The van der Waals surface area contributed by atoms with Crippen LogP contribution in [0, 0.1) is 0 Å². The van der Waals surface area contributed by atoms with Crippen molar-refractivity contribution < 1.29 is 4.79 Å². The summed E-state index contributed by atoms with van der Waals surface area (Å²) in [6.07, 6.45) is 0. The molecule has 0 aliphatic carbocycles. The predicted molar refractivity (Wildman–Crippen MR) is 102 cm³/mol. The van der Waals surface area contributed by atoms with Crippen LogP contribution in [-0.2, 0) is 11.3 Å². The highest BCUT2D eigenvalue weighted by Gasteiger charge is 2.20. The summed E-state index contributed by atoms with van der Waals surface area (Å²) >= 11 is 0. The molecule has 1 aliphatic rings. The van der Waals surface area contributed by atoms with E-state index in [4.69, 9.17) is 4.98 Å². The van der Waals surface area contributed by atoms with Crippen molar-refractivity contribution in [3.8, 4) is 0 Å². The van der Waals surface area contributed by atoms with Gasteiger partial charge in [-0.25, -0.2) is 4.98 Å². The van der Waals surface area contributed by atoms with E-state index in [0.29, 0.717) is 6.04 Å². The molecule has 3 rings (SSSR count). The predicted octanol–water partition coefficient (Wildman–Crippen LogP) is 2.71. The Bertz CT molecular complexity index is 744. The van der Waals surface area contributed by atoms with Gasteiger partial charge in [-0.05, 0) is 38.6 Å². The molecule has 2 aromatic rings. The fourth-order valence-electron chi connectivity index (χ4n) is 3.58. The van der Waals surface area contributed by atoms with Gasteiger partial charge in [0.25, 0.3) is 0 Å². The van der Waals surface area contributed by atoms with E-state index < -0.39 is 0 Å². The monoisotopic (exact) mass is 343 g/mol. The number of carbonyl (C=O) groups is 1. The fourth-order valence-corrected chi connectivity index (χ4v) is 3.58. The van der Waals surface area contributed by atoms with Crippen molar-refractivity contribution in [2.24, 2.45) is 0 Å². The maximum absolute atomic E-state index is 11.3. The average Bonchev–Trinajstić information content (AvgIpc) is 2.92. The molecule has 0 atom stereocenters. The number of anilines is 1. The topological polar surface area (TPSA) is 53.4 Å². The van der Waals surface area contributed by atoms with E-state index >= 15 is 0 Å². The first-order valence-corrected chi connectivity index (χ1v) is 9.21. The zero-order valence-corrected chi connectivity index (χ0v) is 15.7. The molecule has 1 aliphatic heterocycles. The molecular formula is C19H29N5O. The van der Waals surface area contributed by atoms with Crippen LogP contribution in [0.4, 0.5) is 5.69 Å². The van der Waals surface area contributed by atoms with Crippen LogP contribution in [0.25, 0.3) is 11.0 Å². The van der Waals surface area contributed by atoms with E-state index in [1.165, 1.54) is 6.92 Å². The zero-order valence-electron chi connectivity index (χ0n) is 15.7. The number of nitrogens with zero attached hydrogens (tertiary/aromatic N) is 4. The number of nitrogens with one attached hydrogen (secondary N) is 1. The van der Waals surface area contributed by atoms with Crippen LogP contribution in [0.1, 0.15) is 39.6 Å². The minimum absolute atomic E-state index is 0.0586. The third-order valence-corrected chi connectivity index (χ3v) is 4.88. The lowest BCUT2D eigenvalue weighted by Gasteiger charge is -2.34. The van der Waals surface area contributed by atoms with E-state index in [1.807, 2.05) is 12.1 Å². The Morgan fingerprint density at radius 1 is 1.20 bits per heavy atom. The van der Waals surface area contributed by atoms with Crippen molar-refractivity contribution in [2.75, 3.05) is 38.0 Å². The van der Waals surface area contributed by atoms with Gasteiger partial charge in [0.1, 0.15) is 5.82 Å². The Kier molecular flexibility index (Phi) is 5.39. The summed E-state index contributed by atoms with van der Waals surface area (Å²) in [6.45, 7) is 14.6. The SMILES string of the molecule is CCN1CCN(Cc2nc3cc(NC(C)=O)ccc3n2C(C)C)CC1. The number of piperazine rings is 1. The van der Waals surface area contributed by atoms with Crippen molar-refractivity contribution in [1.29, 1.82) is 0 Å². The van der Waals surface area contributed by atoms with Crippen molar-refractivity contribution in [3.63, 3.8) is 0 Å². The van der Waals surface area contributed by atoms with E-state index in [2.05, 4.69) is 46.5 Å². The molecule has 136 valence electrons. The zero-order chi connectivity index (χ0) is 18.0. The standard InChI is InChI=1S/C19H29N5O/c1-5-22-8-10-23(11-9-22)13-19-21-17-12-16(20-15(4)25)6-7-18(17)24(19)14(2)3/h6-7,12,14H,5,8-11,13H2,1-4H3,(H,20,25). The summed E-state index contributed by atoms with van der Waals surface area (Å²) < 4.78 is 2.32. The van der Waals surface area contributed by atoms with Crippen LogP contribution in [0.2, 0.25) is 0 Å². The number of hydrogen-bond donors (Lipinski definition) is 1. The minimum atomic E-state index is -0.0586. The third kappa shape index (κ3) is 4.02. The van der Waals surface area contributed by atoms with Crippen LogP contribution in [0.15, 0.2) is 18.2 Å². The van der Waals surface area contributed by atoms with Gasteiger partial charge in [-0.3, -0.25) is 9.69 Å². The number of amides is 1. The number of likely N-dealkylation sites (N-methyl/N-ethyl adjacent to an activating group) is 1. The average molecular weight is 343 g/mol. The number of rotatable bonds is 5. The van der Waals surface area contributed by atoms with Crippen molar-refractivity contribution in [2.45, 2.75) is 40.3 Å². The first-order chi connectivity index (χ1) is 12.0. The molecule has 2 heterocycles. The molecule has 0 unspecified atom stereocenters. The van der Waals surface area contributed by atoms with E-state index in [-0.39, 0.29) is 5.91 Å². The van der Waals surface area contributed by atoms with Gasteiger partial charge in [-0.2, -0.15) is 0 Å². The lowest BCUT2D eigenvalue weighted by Crippen LogP contribution is -2.45. The summed E-state index contributed by atoms with van der Waals surface area (Å²) in [7, 11) is 0. The Balaban J connectivity index is 1.86. The van der Waals surface area contributed by atoms with Gasteiger partial charge in [-0.1, -0.05) is 6.92 Å². The van der Waals surface area contributed by atoms with Gasteiger partial charge >= 0.3 is 0 Å². The Labute approximate surface area is 149 Å². The number of aromatic nitrogens is 2. The van der Waals surface area contributed by atoms with E-state index in [1.54, 1.807) is 0 Å². The summed E-state index contributed by atoms with van der Waals surface area (Å²) in [5, 5.41) is 2.84. The fraction of sp³-hybridized carbons (Fsp3) is 0.579. The molecule has 6 heteroatoms. The number of imidazole rings is 1. The number of fused-ring (bicyclic) bond motifs is 1. The summed E-state index contributed by atoms with van der Waals surface area (Å²) in [5.41, 5.74) is 2.88. The number of hydrogen-bond acceptors (Lipinski definition) is 4. The molecule has 6 nitrogen and oxygen atoms in total. The second-order valence-corrected chi connectivity index (χ2v) is 7.09. The third-order valence-electron chi connectivity index (χ3n) is 4.88. The summed E-state index contributed by atoms with van der Waals surface area (Å²) in [4.78, 5) is 21.2. The second-order valence-electron chi connectivity index (χ2n) is 7.09. The van der Waals surface area contributed by atoms with Crippen LogP contribution in [0.5, 0.6) is 0 Å². The first-order valence-electron chi connectivity index (χ1n) is 9.21. The molecule has 1 fully saturated rings. The molecule has 0 radical (unpaired) electrons. The summed E-state index contributed by atoms with van der Waals surface area (Å²) in [5.74, 6) is 1.05. The van der Waals surface area contributed by atoms with Gasteiger partial charge in [0.15, 0.2) is 0 Å². The van der Waals surface area contributed by atoms with Gasteiger partial charge in [0.05, 0.1) is 17.6 Å². The highest BCUT2D eigenvalue weighted by Crippen LogP contribution is 2.25. The molecule has 1 N–H and O–H groups in total. The Morgan fingerprint density at radius 3 is 2.48 bits per heavy atom. The molecule has 25 heavy (non-hydrogen) atoms. The normalized spacial score (nSPS) is 16.7. The molecule has 1 saturated heterocycles. The molecular weight excluding hydrogens is 314 g/mol. The van der Waals surface area contributed by atoms with E-state index in [0.717, 1.165) is 61.8 Å². The largest absolute Gasteiger partial charge is 0.326 e. The van der Waals surface area contributed by atoms with Crippen molar-refractivity contribution in [1.82, 2.24) is 19.4 Å². The first kappa shape index (κ1) is 17.9. The number of carbonyl (C=O) groups excluding carboxylic acids is 1. The van der Waals surface area contributed by atoms with Gasteiger partial charge in [0.2, 0.25) is 5.91 Å². The minimum Gasteiger partial charge on any atom is -0.326 e. The van der Waals surface area contributed by atoms with Crippen LogP contribution in [-0.4, -0.2) is 58.0 Å². The van der Waals surface area contributed by atoms with Gasteiger partial charge in [-0.15, -0.1) is 0 Å². The molecule has 1 aromatic heterocycles. The van der Waals surface area contributed by atoms with Crippen molar-refractivity contribution >= 4 is 22.6 Å². The quantitative estimate of drug-likeness (QED) is 0.907. The summed E-state index contributed by atoms with van der Waals surface area (Å²) in [6, 6.07) is 6.33. The molecule has 0 saturated carbocycles. The Hall–Kier alpha value is -1.92. The van der Waals surface area contributed by atoms with Crippen LogP contribution in [0.3, 0.4) is 0 Å². The molecule has 0 bridgehead atoms. The van der Waals surface area contributed by atoms with Gasteiger partial charge in [0, 0.05) is 44.8 Å². The highest BCUT2D eigenvalue weighted by molar-refractivity contribution is 5.91. The van der Waals surface area contributed by atoms with Crippen LogP contribution >= 0.6 is 0 Å². The number of benzene rings is 1. The maximum Gasteiger partial charge on any atom is 0.221 e. The van der Waals surface area contributed by atoms with Crippen molar-refractivity contribution in [3.05, 3.63) is 24.0 Å². The lowest BCUT2D eigenvalue weighted by molar-refractivity contribution is -0.114. The smallest absolute Gasteiger partial charge is 0.221 e. The second kappa shape index (κ2) is 7.54. The molecule has 1 amide bonds. The van der Waals surface area contributed by atoms with Gasteiger partial charge < -0.3 is 14.8 Å².